The standard InChI is InChI=1S/C20H23N7O2/c1-13-6-5-7-18(27-20(28)25(4)23-24-27)17(13)12-29-19-9-8-16(10-14(19)2)26-11-15(3)21-22-26/h5-11,21-22H,12H2,1-4H3. The van der Waals surface area contributed by atoms with Gasteiger partial charge in [-0.1, -0.05) is 12.1 Å². The maximum absolute atomic E-state index is 12.3. The van der Waals surface area contributed by atoms with Crippen molar-refractivity contribution in [2.45, 2.75) is 27.4 Å². The first-order chi connectivity index (χ1) is 13.9. The predicted molar refractivity (Wildman–Crippen MR) is 109 cm³/mol. The van der Waals surface area contributed by atoms with Crippen LogP contribution >= 0.6 is 0 Å². The summed E-state index contributed by atoms with van der Waals surface area (Å²) in [6, 6.07) is 11.7. The Morgan fingerprint density at radius 3 is 2.55 bits per heavy atom. The molecule has 2 heterocycles. The molecular weight excluding hydrogens is 370 g/mol. The van der Waals surface area contributed by atoms with E-state index in [1.54, 1.807) is 7.05 Å². The molecule has 0 aliphatic carbocycles. The van der Waals surface area contributed by atoms with Gasteiger partial charge in [0.1, 0.15) is 12.4 Å². The molecule has 9 heteroatoms. The van der Waals surface area contributed by atoms with Crippen LogP contribution in [0.3, 0.4) is 0 Å². The average molecular weight is 393 g/mol. The maximum atomic E-state index is 12.3. The van der Waals surface area contributed by atoms with E-state index in [4.69, 9.17) is 4.74 Å². The summed E-state index contributed by atoms with van der Waals surface area (Å²) < 4.78 is 8.61. The average Bonchev–Trinajstić information content (AvgIpc) is 3.27. The van der Waals surface area contributed by atoms with Gasteiger partial charge >= 0.3 is 5.69 Å². The quantitative estimate of drug-likeness (QED) is 0.684. The highest BCUT2D eigenvalue weighted by Crippen LogP contribution is 2.27. The number of nitrogens with one attached hydrogen (secondary N) is 2. The molecule has 2 aromatic carbocycles. The van der Waals surface area contributed by atoms with Crippen molar-refractivity contribution >= 4 is 5.69 Å². The molecule has 1 aliphatic rings. The molecule has 1 aliphatic heterocycles. The summed E-state index contributed by atoms with van der Waals surface area (Å²) in [5.74, 6) is 0.780. The Morgan fingerprint density at radius 2 is 1.90 bits per heavy atom. The van der Waals surface area contributed by atoms with Gasteiger partial charge in [0.15, 0.2) is 0 Å². The Balaban J connectivity index is 1.58. The Kier molecular flexibility index (Phi) is 4.81. The number of hydrazine groups is 2. The summed E-state index contributed by atoms with van der Waals surface area (Å²) in [5.41, 5.74) is 11.4. The summed E-state index contributed by atoms with van der Waals surface area (Å²) in [5, 5.41) is 9.67. The van der Waals surface area contributed by atoms with Gasteiger partial charge in [-0.15, -0.1) is 5.53 Å². The number of nitrogens with zero attached hydrogens (tertiary/aromatic N) is 5. The van der Waals surface area contributed by atoms with Crippen LogP contribution in [-0.2, 0) is 13.7 Å². The molecule has 0 amide bonds. The molecule has 150 valence electrons. The first-order valence-corrected chi connectivity index (χ1v) is 9.24. The van der Waals surface area contributed by atoms with E-state index in [9.17, 15) is 4.79 Å². The van der Waals surface area contributed by atoms with Gasteiger partial charge < -0.3 is 10.2 Å². The van der Waals surface area contributed by atoms with Crippen molar-refractivity contribution in [3.63, 3.8) is 0 Å². The molecule has 0 atom stereocenters. The zero-order valence-electron chi connectivity index (χ0n) is 16.8. The summed E-state index contributed by atoms with van der Waals surface area (Å²) in [7, 11) is 1.57. The van der Waals surface area contributed by atoms with E-state index in [1.807, 2.05) is 68.4 Å². The monoisotopic (exact) mass is 393 g/mol. The van der Waals surface area contributed by atoms with Crippen molar-refractivity contribution in [3.05, 3.63) is 75.5 Å². The van der Waals surface area contributed by atoms with E-state index in [-0.39, 0.29) is 5.69 Å². The van der Waals surface area contributed by atoms with Crippen molar-refractivity contribution in [3.8, 4) is 11.4 Å². The molecule has 0 radical (unpaired) electrons. The number of aromatic nitrogens is 4. The first-order valence-electron chi connectivity index (χ1n) is 9.24. The third kappa shape index (κ3) is 3.59. The lowest BCUT2D eigenvalue weighted by Gasteiger charge is -2.18. The van der Waals surface area contributed by atoms with Gasteiger partial charge in [0.25, 0.3) is 0 Å². The lowest BCUT2D eigenvalue weighted by Crippen LogP contribution is -2.36. The number of tetrazole rings is 1. The van der Waals surface area contributed by atoms with E-state index in [0.717, 1.165) is 33.8 Å². The van der Waals surface area contributed by atoms with Crippen LogP contribution in [0.1, 0.15) is 23.6 Å². The van der Waals surface area contributed by atoms with Crippen molar-refractivity contribution in [2.24, 2.45) is 7.05 Å². The normalized spacial score (nSPS) is 13.4. The minimum Gasteiger partial charge on any atom is -0.489 e. The van der Waals surface area contributed by atoms with Crippen LogP contribution in [0.4, 0.5) is 5.69 Å². The number of rotatable bonds is 5. The summed E-state index contributed by atoms with van der Waals surface area (Å²) in [6.07, 6.45) is 1.98. The molecule has 0 unspecified atom stereocenters. The largest absolute Gasteiger partial charge is 0.489 e. The number of benzene rings is 2. The Bertz CT molecular complexity index is 1150. The zero-order valence-corrected chi connectivity index (χ0v) is 16.8. The molecule has 0 spiro atoms. The van der Waals surface area contributed by atoms with Crippen LogP contribution in [0.2, 0.25) is 0 Å². The first kappa shape index (κ1) is 18.8. The molecule has 0 fully saturated rings. The van der Waals surface area contributed by atoms with E-state index >= 15 is 0 Å². The van der Waals surface area contributed by atoms with Gasteiger partial charge in [-0.05, 0) is 66.6 Å². The number of allylic oxidation sites excluding steroid dienone is 1. The number of ether oxygens (including phenoxy) is 1. The molecule has 1 aromatic heterocycles. The van der Waals surface area contributed by atoms with Crippen molar-refractivity contribution in [2.75, 3.05) is 5.01 Å². The predicted octanol–water partition coefficient (Wildman–Crippen LogP) is 1.85. The van der Waals surface area contributed by atoms with Crippen LogP contribution in [0.15, 0.2) is 53.1 Å². The van der Waals surface area contributed by atoms with Crippen LogP contribution in [-0.4, -0.2) is 19.8 Å². The highest BCUT2D eigenvalue weighted by molar-refractivity contribution is 5.55. The highest BCUT2D eigenvalue weighted by atomic mass is 16.5. The number of hydrogen-bond acceptors (Lipinski definition) is 7. The van der Waals surface area contributed by atoms with Crippen molar-refractivity contribution < 1.29 is 4.74 Å². The molecule has 0 saturated carbocycles. The lowest BCUT2D eigenvalue weighted by molar-refractivity contribution is 0.302. The van der Waals surface area contributed by atoms with E-state index in [1.165, 1.54) is 9.36 Å². The van der Waals surface area contributed by atoms with Crippen LogP contribution in [0.25, 0.3) is 5.69 Å². The summed E-state index contributed by atoms with van der Waals surface area (Å²) in [4.78, 5) is 12.3. The summed E-state index contributed by atoms with van der Waals surface area (Å²) in [6.45, 7) is 6.29. The van der Waals surface area contributed by atoms with Gasteiger partial charge in [-0.25, -0.2) is 4.79 Å². The highest BCUT2D eigenvalue weighted by Gasteiger charge is 2.15. The third-order valence-electron chi connectivity index (χ3n) is 4.84. The molecule has 3 aromatic rings. The molecule has 9 nitrogen and oxygen atoms in total. The van der Waals surface area contributed by atoms with E-state index in [2.05, 4.69) is 21.4 Å². The summed E-state index contributed by atoms with van der Waals surface area (Å²) >= 11 is 0. The van der Waals surface area contributed by atoms with Crippen LogP contribution in [0.5, 0.6) is 5.75 Å². The second-order valence-corrected chi connectivity index (χ2v) is 7.03. The Hall–Kier alpha value is -3.59. The van der Waals surface area contributed by atoms with Gasteiger partial charge in [-0.3, -0.25) is 5.01 Å². The maximum Gasteiger partial charge on any atom is 0.368 e. The number of anilines is 1. The zero-order chi connectivity index (χ0) is 20.5. The van der Waals surface area contributed by atoms with Crippen LogP contribution in [0, 0.1) is 13.8 Å². The molecular formula is C20H23N7O2. The van der Waals surface area contributed by atoms with Crippen molar-refractivity contribution in [1.82, 2.24) is 30.8 Å². The van der Waals surface area contributed by atoms with Gasteiger partial charge in [-0.2, -0.15) is 9.36 Å². The van der Waals surface area contributed by atoms with Crippen LogP contribution < -0.4 is 26.4 Å². The molecule has 2 N–H and O–H groups in total. The molecule has 29 heavy (non-hydrogen) atoms. The van der Waals surface area contributed by atoms with Gasteiger partial charge in [0.05, 0.1) is 11.4 Å². The number of hydrogen-bond donors (Lipinski definition) is 2. The molecule has 0 saturated heterocycles. The molecule has 4 rings (SSSR count). The SMILES string of the molecule is CC1=CN(c2ccc(OCc3c(C)cccc3-n3nnn(C)c3=O)c(C)c2)NN1. The topological polar surface area (TPSA) is 89.2 Å². The lowest BCUT2D eigenvalue weighted by atomic mass is 10.1. The third-order valence-corrected chi connectivity index (χ3v) is 4.84. The fourth-order valence-corrected chi connectivity index (χ4v) is 3.18. The van der Waals surface area contributed by atoms with Crippen molar-refractivity contribution in [1.29, 1.82) is 0 Å². The minimum absolute atomic E-state index is 0.299. The van der Waals surface area contributed by atoms with Gasteiger partial charge in [0.2, 0.25) is 0 Å². The Morgan fingerprint density at radius 1 is 1.07 bits per heavy atom. The number of aryl methyl sites for hydroxylation is 3. The Labute approximate surface area is 168 Å². The second kappa shape index (κ2) is 7.44. The van der Waals surface area contributed by atoms with E-state index < -0.39 is 0 Å². The smallest absolute Gasteiger partial charge is 0.368 e. The van der Waals surface area contributed by atoms with Gasteiger partial charge in [0, 0.05) is 24.5 Å². The minimum atomic E-state index is -0.299. The second-order valence-electron chi connectivity index (χ2n) is 7.03. The molecule has 0 bridgehead atoms. The van der Waals surface area contributed by atoms with E-state index in [0.29, 0.717) is 12.3 Å². The fraction of sp³-hybridized carbons (Fsp3) is 0.250. The fourth-order valence-electron chi connectivity index (χ4n) is 3.18.